The molecule has 1 aliphatic heterocycles. The largest absolute Gasteiger partial charge is 0.486 e. The molecule has 1 aromatic carbocycles. The predicted molar refractivity (Wildman–Crippen MR) is 67.8 cm³/mol. The molecule has 1 amide bonds. The summed E-state index contributed by atoms with van der Waals surface area (Å²) in [5.41, 5.74) is 1.02. The molecule has 0 radical (unpaired) electrons. The Morgan fingerprint density at radius 2 is 2.06 bits per heavy atom. The molecule has 2 rings (SSSR count). The first-order chi connectivity index (χ1) is 8.20. The van der Waals surface area contributed by atoms with Crippen molar-refractivity contribution in [3.63, 3.8) is 0 Å². The van der Waals surface area contributed by atoms with Crippen molar-refractivity contribution < 1.29 is 14.3 Å². The molecule has 0 bridgehead atoms. The number of thiol groups is 1. The molecule has 0 aliphatic carbocycles. The van der Waals surface area contributed by atoms with Crippen molar-refractivity contribution in [1.82, 2.24) is 4.90 Å². The lowest BCUT2D eigenvalue weighted by atomic mass is 10.2. The number of hydrogen-bond donors (Lipinski definition) is 1. The molecule has 0 saturated heterocycles. The molecule has 0 unspecified atom stereocenters. The lowest BCUT2D eigenvalue weighted by Gasteiger charge is -2.20. The van der Waals surface area contributed by atoms with E-state index in [4.69, 9.17) is 9.47 Å². The van der Waals surface area contributed by atoms with Gasteiger partial charge in [-0.2, -0.15) is 12.6 Å². The molecule has 1 heterocycles. The van der Waals surface area contributed by atoms with Gasteiger partial charge in [0.15, 0.2) is 11.5 Å². The highest BCUT2D eigenvalue weighted by Gasteiger charge is 2.13. The van der Waals surface area contributed by atoms with Gasteiger partial charge in [0, 0.05) is 13.6 Å². The van der Waals surface area contributed by atoms with Crippen LogP contribution in [0, 0.1) is 0 Å². The van der Waals surface area contributed by atoms with Gasteiger partial charge < -0.3 is 14.4 Å². The third-order valence-corrected chi connectivity index (χ3v) is 2.86. The fourth-order valence-electron chi connectivity index (χ4n) is 1.67. The number of carbonyl (C=O) groups is 1. The average molecular weight is 253 g/mol. The van der Waals surface area contributed by atoms with Gasteiger partial charge in [-0.3, -0.25) is 4.79 Å². The maximum absolute atomic E-state index is 11.4. The summed E-state index contributed by atoms with van der Waals surface area (Å²) in [5, 5.41) is 0. The van der Waals surface area contributed by atoms with Crippen LogP contribution < -0.4 is 9.47 Å². The number of carbonyl (C=O) groups excluding carboxylic acids is 1. The van der Waals surface area contributed by atoms with Gasteiger partial charge in [-0.1, -0.05) is 6.07 Å². The van der Waals surface area contributed by atoms with E-state index in [-0.39, 0.29) is 11.7 Å². The molecule has 0 aromatic heterocycles. The zero-order valence-electron chi connectivity index (χ0n) is 9.68. The maximum atomic E-state index is 11.4. The first kappa shape index (κ1) is 12.1. The quantitative estimate of drug-likeness (QED) is 0.826. The number of benzene rings is 1. The van der Waals surface area contributed by atoms with Crippen LogP contribution in [0.2, 0.25) is 0 Å². The van der Waals surface area contributed by atoms with Gasteiger partial charge in [0.05, 0.1) is 5.75 Å². The van der Waals surface area contributed by atoms with E-state index in [1.165, 1.54) is 0 Å². The maximum Gasteiger partial charge on any atom is 0.232 e. The van der Waals surface area contributed by atoms with Crippen LogP contribution in [0.25, 0.3) is 0 Å². The van der Waals surface area contributed by atoms with Crippen LogP contribution in [0.4, 0.5) is 0 Å². The second kappa shape index (κ2) is 5.31. The monoisotopic (exact) mass is 253 g/mol. The van der Waals surface area contributed by atoms with Gasteiger partial charge in [0.2, 0.25) is 5.91 Å². The van der Waals surface area contributed by atoms with E-state index in [1.807, 2.05) is 18.2 Å². The van der Waals surface area contributed by atoms with Gasteiger partial charge in [-0.15, -0.1) is 0 Å². The number of nitrogens with zero attached hydrogens (tertiary/aromatic N) is 1. The third-order valence-electron chi connectivity index (χ3n) is 2.59. The first-order valence-corrected chi connectivity index (χ1v) is 6.07. The number of fused-ring (bicyclic) bond motifs is 1. The van der Waals surface area contributed by atoms with E-state index < -0.39 is 0 Å². The fraction of sp³-hybridized carbons (Fsp3) is 0.417. The SMILES string of the molecule is CN(Cc1ccc2c(c1)OCCO2)C(=O)CS. The summed E-state index contributed by atoms with van der Waals surface area (Å²) >= 11 is 3.96. The van der Waals surface area contributed by atoms with Gasteiger partial charge >= 0.3 is 0 Å². The zero-order chi connectivity index (χ0) is 12.3. The second-order valence-corrected chi connectivity index (χ2v) is 4.20. The molecule has 0 N–H and O–H groups in total. The number of rotatable bonds is 3. The van der Waals surface area contributed by atoms with Crippen LogP contribution >= 0.6 is 12.6 Å². The highest BCUT2D eigenvalue weighted by molar-refractivity contribution is 7.81. The summed E-state index contributed by atoms with van der Waals surface area (Å²) in [7, 11) is 1.76. The van der Waals surface area contributed by atoms with E-state index >= 15 is 0 Å². The molecule has 17 heavy (non-hydrogen) atoms. The summed E-state index contributed by atoms with van der Waals surface area (Å²) in [6.07, 6.45) is 0. The minimum Gasteiger partial charge on any atom is -0.486 e. The van der Waals surface area contributed by atoms with Crippen molar-refractivity contribution in [3.8, 4) is 11.5 Å². The lowest BCUT2D eigenvalue weighted by Crippen LogP contribution is -2.27. The van der Waals surface area contributed by atoms with E-state index in [0.29, 0.717) is 19.8 Å². The van der Waals surface area contributed by atoms with Crippen LogP contribution in [-0.4, -0.2) is 36.8 Å². The smallest absolute Gasteiger partial charge is 0.232 e. The van der Waals surface area contributed by atoms with Gasteiger partial charge in [0.1, 0.15) is 13.2 Å². The molecule has 0 saturated carbocycles. The standard InChI is InChI=1S/C12H15NO3S/c1-13(12(14)8-17)7-9-2-3-10-11(6-9)16-5-4-15-10/h2-3,6,17H,4-5,7-8H2,1H3. The summed E-state index contributed by atoms with van der Waals surface area (Å²) in [4.78, 5) is 13.0. The van der Waals surface area contributed by atoms with Crippen molar-refractivity contribution in [2.24, 2.45) is 0 Å². The molecule has 4 nitrogen and oxygen atoms in total. The van der Waals surface area contributed by atoms with Crippen molar-refractivity contribution in [1.29, 1.82) is 0 Å². The normalized spacial score (nSPS) is 13.3. The van der Waals surface area contributed by atoms with Gasteiger partial charge in [0.25, 0.3) is 0 Å². The first-order valence-electron chi connectivity index (χ1n) is 5.44. The molecule has 92 valence electrons. The highest BCUT2D eigenvalue weighted by atomic mass is 32.1. The summed E-state index contributed by atoms with van der Waals surface area (Å²) in [6, 6.07) is 5.73. The van der Waals surface area contributed by atoms with E-state index in [1.54, 1.807) is 11.9 Å². The molecule has 0 fully saturated rings. The predicted octanol–water partition coefficient (Wildman–Crippen LogP) is 1.35. The van der Waals surface area contributed by atoms with Crippen LogP contribution in [0.3, 0.4) is 0 Å². The molecular weight excluding hydrogens is 238 g/mol. The highest BCUT2D eigenvalue weighted by Crippen LogP contribution is 2.30. The molecular formula is C12H15NO3S. The van der Waals surface area contributed by atoms with Gasteiger partial charge in [-0.25, -0.2) is 0 Å². The molecule has 0 atom stereocenters. The fourth-order valence-corrected chi connectivity index (χ4v) is 1.91. The van der Waals surface area contributed by atoms with Crippen molar-refractivity contribution in [3.05, 3.63) is 23.8 Å². The third kappa shape index (κ3) is 2.85. The van der Waals surface area contributed by atoms with E-state index in [9.17, 15) is 4.79 Å². The summed E-state index contributed by atoms with van der Waals surface area (Å²) in [6.45, 7) is 1.71. The minimum atomic E-state index is 0.00298. The Morgan fingerprint density at radius 1 is 1.35 bits per heavy atom. The average Bonchev–Trinajstić information content (AvgIpc) is 2.37. The summed E-state index contributed by atoms with van der Waals surface area (Å²) < 4.78 is 10.9. The topological polar surface area (TPSA) is 38.8 Å². The minimum absolute atomic E-state index is 0.00298. The van der Waals surface area contributed by atoms with E-state index in [0.717, 1.165) is 17.1 Å². The van der Waals surface area contributed by atoms with Crippen LogP contribution in [0.15, 0.2) is 18.2 Å². The Hall–Kier alpha value is -1.36. The second-order valence-electron chi connectivity index (χ2n) is 3.89. The van der Waals surface area contributed by atoms with Crippen LogP contribution in [0.1, 0.15) is 5.56 Å². The Morgan fingerprint density at radius 3 is 2.76 bits per heavy atom. The number of hydrogen-bond acceptors (Lipinski definition) is 4. The van der Waals surface area contributed by atoms with Crippen molar-refractivity contribution in [2.45, 2.75) is 6.54 Å². The zero-order valence-corrected chi connectivity index (χ0v) is 10.6. The van der Waals surface area contributed by atoms with Crippen molar-refractivity contribution in [2.75, 3.05) is 26.0 Å². The van der Waals surface area contributed by atoms with Crippen LogP contribution in [0.5, 0.6) is 11.5 Å². The van der Waals surface area contributed by atoms with Gasteiger partial charge in [-0.05, 0) is 17.7 Å². The number of amides is 1. The molecule has 5 heteroatoms. The molecule has 0 spiro atoms. The number of ether oxygens (including phenoxy) is 2. The Kier molecular flexibility index (Phi) is 3.78. The summed E-state index contributed by atoms with van der Waals surface area (Å²) in [5.74, 6) is 1.74. The Balaban J connectivity index is 2.09. The van der Waals surface area contributed by atoms with Crippen LogP contribution in [-0.2, 0) is 11.3 Å². The van der Waals surface area contributed by atoms with E-state index in [2.05, 4.69) is 12.6 Å². The Bertz CT molecular complexity index is 422. The molecule has 1 aromatic rings. The Labute approximate surface area is 106 Å². The lowest BCUT2D eigenvalue weighted by molar-refractivity contribution is -0.127. The van der Waals surface area contributed by atoms with Crippen molar-refractivity contribution >= 4 is 18.5 Å². The molecule has 1 aliphatic rings.